The summed E-state index contributed by atoms with van der Waals surface area (Å²) in [5, 5.41) is 5.23. The van der Waals surface area contributed by atoms with Crippen molar-refractivity contribution in [2.75, 3.05) is 31.1 Å². The van der Waals surface area contributed by atoms with Gasteiger partial charge in [0.15, 0.2) is 0 Å². The van der Waals surface area contributed by atoms with Crippen molar-refractivity contribution in [1.29, 1.82) is 0 Å². The lowest BCUT2D eigenvalue weighted by Crippen LogP contribution is -2.49. The minimum Gasteiger partial charge on any atom is -0.366 e. The van der Waals surface area contributed by atoms with E-state index in [0.717, 1.165) is 22.8 Å². The number of aryl methyl sites for hydroxylation is 1. The molecule has 1 aliphatic rings. The predicted molar refractivity (Wildman–Crippen MR) is 115 cm³/mol. The molecule has 0 radical (unpaired) electrons. The van der Waals surface area contributed by atoms with Gasteiger partial charge in [-0.15, -0.1) is 0 Å². The van der Waals surface area contributed by atoms with Gasteiger partial charge in [0.05, 0.1) is 27.7 Å². The highest BCUT2D eigenvalue weighted by molar-refractivity contribution is 7.89. The summed E-state index contributed by atoms with van der Waals surface area (Å²) in [5.74, 6) is 0. The Balaban J connectivity index is 1.53. The molecule has 0 saturated carbocycles. The summed E-state index contributed by atoms with van der Waals surface area (Å²) in [6, 6.07) is 16.4. The number of halogens is 1. The molecule has 0 aliphatic carbocycles. The molecule has 6 nitrogen and oxygen atoms in total. The monoisotopic (exact) mass is 430 g/mol. The molecule has 0 bridgehead atoms. The molecule has 1 aromatic heterocycles. The van der Waals surface area contributed by atoms with Gasteiger partial charge in [0.1, 0.15) is 0 Å². The SMILES string of the molecule is Cc1nn(-c2ccccc2)c(C)c1N1CCN(S(=O)(=O)c2ccc(Cl)cc2)CC1. The van der Waals surface area contributed by atoms with Crippen LogP contribution in [-0.2, 0) is 10.0 Å². The number of nitrogens with zero attached hydrogens (tertiary/aromatic N) is 4. The summed E-state index contributed by atoms with van der Waals surface area (Å²) in [6.45, 7) is 6.16. The van der Waals surface area contributed by atoms with Crippen molar-refractivity contribution in [3.8, 4) is 5.69 Å². The van der Waals surface area contributed by atoms with Crippen LogP contribution in [0.5, 0.6) is 0 Å². The normalized spacial score (nSPS) is 15.6. The van der Waals surface area contributed by atoms with Gasteiger partial charge in [0, 0.05) is 31.2 Å². The summed E-state index contributed by atoms with van der Waals surface area (Å²) < 4.78 is 29.3. The molecule has 1 saturated heterocycles. The Hall–Kier alpha value is -2.35. The molecule has 1 aliphatic heterocycles. The molecular formula is C21H23ClN4O2S. The van der Waals surface area contributed by atoms with Crippen LogP contribution in [0, 0.1) is 13.8 Å². The van der Waals surface area contributed by atoms with E-state index in [1.807, 2.05) is 41.9 Å². The number of anilines is 1. The number of hydrogen-bond acceptors (Lipinski definition) is 4. The Labute approximate surface area is 176 Å². The second-order valence-electron chi connectivity index (χ2n) is 7.11. The molecule has 4 rings (SSSR count). The van der Waals surface area contributed by atoms with Gasteiger partial charge in [-0.1, -0.05) is 29.8 Å². The number of rotatable bonds is 4. The third-order valence-electron chi connectivity index (χ3n) is 5.26. The second kappa shape index (κ2) is 7.82. The third kappa shape index (κ3) is 3.77. The molecule has 0 unspecified atom stereocenters. The smallest absolute Gasteiger partial charge is 0.243 e. The van der Waals surface area contributed by atoms with E-state index < -0.39 is 10.0 Å². The van der Waals surface area contributed by atoms with Gasteiger partial charge in [-0.3, -0.25) is 0 Å². The Morgan fingerprint density at radius 2 is 1.52 bits per heavy atom. The van der Waals surface area contributed by atoms with Gasteiger partial charge >= 0.3 is 0 Å². The fourth-order valence-corrected chi connectivity index (χ4v) is 5.37. The lowest BCUT2D eigenvalue weighted by molar-refractivity contribution is 0.384. The topological polar surface area (TPSA) is 58.4 Å². The largest absolute Gasteiger partial charge is 0.366 e. The number of aromatic nitrogens is 2. The molecule has 0 atom stereocenters. The van der Waals surface area contributed by atoms with E-state index in [0.29, 0.717) is 31.2 Å². The number of piperazine rings is 1. The van der Waals surface area contributed by atoms with Crippen molar-refractivity contribution in [2.24, 2.45) is 0 Å². The van der Waals surface area contributed by atoms with Crippen LogP contribution in [0.2, 0.25) is 5.02 Å². The van der Waals surface area contributed by atoms with Crippen molar-refractivity contribution in [3.05, 3.63) is 71.0 Å². The van der Waals surface area contributed by atoms with Crippen molar-refractivity contribution in [3.63, 3.8) is 0 Å². The van der Waals surface area contributed by atoms with E-state index in [4.69, 9.17) is 16.7 Å². The lowest BCUT2D eigenvalue weighted by Gasteiger charge is -2.35. The van der Waals surface area contributed by atoms with Gasteiger partial charge in [0.2, 0.25) is 10.0 Å². The molecule has 2 heterocycles. The molecule has 3 aromatic rings. The first kappa shape index (κ1) is 19.9. The van der Waals surface area contributed by atoms with E-state index in [2.05, 4.69) is 11.8 Å². The van der Waals surface area contributed by atoms with E-state index in [1.54, 1.807) is 28.6 Å². The van der Waals surface area contributed by atoms with Crippen LogP contribution >= 0.6 is 11.6 Å². The van der Waals surface area contributed by atoms with E-state index >= 15 is 0 Å². The first-order chi connectivity index (χ1) is 13.9. The summed E-state index contributed by atoms with van der Waals surface area (Å²) in [7, 11) is -3.52. The number of benzene rings is 2. The highest BCUT2D eigenvalue weighted by atomic mass is 35.5. The molecule has 2 aromatic carbocycles. The van der Waals surface area contributed by atoms with Crippen molar-refractivity contribution in [2.45, 2.75) is 18.7 Å². The molecule has 0 spiro atoms. The number of para-hydroxylation sites is 1. The van der Waals surface area contributed by atoms with Crippen LogP contribution < -0.4 is 4.90 Å². The average Bonchev–Trinajstić information content (AvgIpc) is 3.03. The average molecular weight is 431 g/mol. The Kier molecular flexibility index (Phi) is 5.38. The maximum Gasteiger partial charge on any atom is 0.243 e. The lowest BCUT2D eigenvalue weighted by atomic mass is 10.2. The summed E-state index contributed by atoms with van der Waals surface area (Å²) >= 11 is 5.89. The maximum atomic E-state index is 12.9. The summed E-state index contributed by atoms with van der Waals surface area (Å²) in [5.41, 5.74) is 4.10. The van der Waals surface area contributed by atoms with Crippen molar-refractivity contribution < 1.29 is 8.42 Å². The molecule has 8 heteroatoms. The minimum absolute atomic E-state index is 0.277. The van der Waals surface area contributed by atoms with Crippen LogP contribution in [0.15, 0.2) is 59.5 Å². The van der Waals surface area contributed by atoms with Crippen LogP contribution in [-0.4, -0.2) is 48.7 Å². The van der Waals surface area contributed by atoms with Gasteiger partial charge in [-0.05, 0) is 50.2 Å². The zero-order valence-electron chi connectivity index (χ0n) is 16.4. The Morgan fingerprint density at radius 1 is 0.897 bits per heavy atom. The van der Waals surface area contributed by atoms with Crippen LogP contribution in [0.1, 0.15) is 11.4 Å². The first-order valence-corrected chi connectivity index (χ1v) is 11.3. The fraction of sp³-hybridized carbons (Fsp3) is 0.286. The number of hydrogen-bond donors (Lipinski definition) is 0. The number of sulfonamides is 1. The van der Waals surface area contributed by atoms with Crippen LogP contribution in [0.25, 0.3) is 5.69 Å². The first-order valence-electron chi connectivity index (χ1n) is 9.50. The van der Waals surface area contributed by atoms with E-state index in [9.17, 15) is 8.42 Å². The molecular weight excluding hydrogens is 408 g/mol. The Morgan fingerprint density at radius 3 is 2.14 bits per heavy atom. The Bertz CT molecular complexity index is 1100. The fourth-order valence-electron chi connectivity index (χ4n) is 3.82. The second-order valence-corrected chi connectivity index (χ2v) is 9.49. The van der Waals surface area contributed by atoms with Gasteiger partial charge < -0.3 is 4.90 Å². The van der Waals surface area contributed by atoms with E-state index in [-0.39, 0.29) is 4.90 Å². The quantitative estimate of drug-likeness (QED) is 0.633. The molecule has 29 heavy (non-hydrogen) atoms. The highest BCUT2D eigenvalue weighted by Gasteiger charge is 2.30. The van der Waals surface area contributed by atoms with Gasteiger partial charge in [-0.2, -0.15) is 9.40 Å². The van der Waals surface area contributed by atoms with E-state index in [1.165, 1.54) is 0 Å². The predicted octanol–water partition coefficient (Wildman–Crippen LogP) is 3.65. The molecule has 0 amide bonds. The molecule has 0 N–H and O–H groups in total. The third-order valence-corrected chi connectivity index (χ3v) is 7.43. The summed E-state index contributed by atoms with van der Waals surface area (Å²) in [6.07, 6.45) is 0. The maximum absolute atomic E-state index is 12.9. The zero-order chi connectivity index (χ0) is 20.6. The van der Waals surface area contributed by atoms with Crippen LogP contribution in [0.4, 0.5) is 5.69 Å². The molecule has 1 fully saturated rings. The van der Waals surface area contributed by atoms with Crippen LogP contribution in [0.3, 0.4) is 0 Å². The molecule has 152 valence electrons. The zero-order valence-corrected chi connectivity index (χ0v) is 18.0. The van der Waals surface area contributed by atoms with Gasteiger partial charge in [-0.25, -0.2) is 13.1 Å². The van der Waals surface area contributed by atoms with Gasteiger partial charge in [0.25, 0.3) is 0 Å². The summed E-state index contributed by atoms with van der Waals surface area (Å²) in [4.78, 5) is 2.50. The minimum atomic E-state index is -3.52. The highest BCUT2D eigenvalue weighted by Crippen LogP contribution is 2.29. The standard InChI is InChI=1S/C21H23ClN4O2S/c1-16-21(17(2)26(23-16)19-6-4-3-5-7-19)24-12-14-25(15-13-24)29(27,28)20-10-8-18(22)9-11-20/h3-11H,12-15H2,1-2H3. The van der Waals surface area contributed by atoms with Crippen molar-refractivity contribution >= 4 is 27.3 Å². The van der Waals surface area contributed by atoms with Crippen molar-refractivity contribution in [1.82, 2.24) is 14.1 Å².